The summed E-state index contributed by atoms with van der Waals surface area (Å²) < 4.78 is 27.0. The van der Waals surface area contributed by atoms with Crippen LogP contribution in [0.15, 0.2) is 47.6 Å². The number of pyridine rings is 1. The van der Waals surface area contributed by atoms with E-state index in [1.165, 1.54) is 18.5 Å². The van der Waals surface area contributed by atoms with E-state index in [0.29, 0.717) is 5.69 Å². The Morgan fingerprint density at radius 2 is 1.95 bits per heavy atom. The second kappa shape index (κ2) is 6.21. The topological polar surface area (TPSA) is 121 Å². The largest absolute Gasteiger partial charge is 0.323 e. The van der Waals surface area contributed by atoms with Gasteiger partial charge in [0.05, 0.1) is 18.2 Å². The van der Waals surface area contributed by atoms with Crippen LogP contribution in [-0.2, 0) is 16.4 Å². The van der Waals surface area contributed by atoms with Crippen LogP contribution in [0.25, 0.3) is 0 Å². The minimum Gasteiger partial charge on any atom is -0.323 e. The molecule has 0 aliphatic rings. The van der Waals surface area contributed by atoms with E-state index in [4.69, 9.17) is 11.1 Å². The second-order valence-electron chi connectivity index (χ2n) is 4.15. The van der Waals surface area contributed by atoms with Gasteiger partial charge in [0.25, 0.3) is 10.0 Å². The minimum atomic E-state index is -3.80. The number of sulfonamides is 1. The summed E-state index contributed by atoms with van der Waals surface area (Å²) in [5, 5.41) is 8.59. The number of nitriles is 1. The molecule has 21 heavy (non-hydrogen) atoms. The van der Waals surface area contributed by atoms with E-state index in [1.54, 1.807) is 24.3 Å². The fraction of sp³-hybridized carbons (Fsp3) is 0.0769. The monoisotopic (exact) mass is 303 g/mol. The highest BCUT2D eigenvalue weighted by Gasteiger charge is 2.18. The first-order valence-corrected chi connectivity index (χ1v) is 7.44. The first kappa shape index (κ1) is 14.8. The first-order valence-electron chi connectivity index (χ1n) is 5.96. The number of hydrazine groups is 1. The highest BCUT2D eigenvalue weighted by molar-refractivity contribution is 7.92. The van der Waals surface area contributed by atoms with Gasteiger partial charge in [0.1, 0.15) is 4.90 Å². The van der Waals surface area contributed by atoms with Crippen molar-refractivity contribution in [1.29, 1.82) is 5.26 Å². The van der Waals surface area contributed by atoms with E-state index in [-0.39, 0.29) is 17.0 Å². The molecule has 1 aromatic heterocycles. The summed E-state index contributed by atoms with van der Waals surface area (Å²) in [7, 11) is -3.80. The van der Waals surface area contributed by atoms with Gasteiger partial charge >= 0.3 is 0 Å². The maximum Gasteiger partial charge on any atom is 0.265 e. The maximum absolute atomic E-state index is 12.3. The molecule has 108 valence electrons. The van der Waals surface area contributed by atoms with E-state index < -0.39 is 10.0 Å². The van der Waals surface area contributed by atoms with E-state index in [2.05, 4.69) is 15.1 Å². The Labute approximate surface area is 122 Å². The number of nitrogen functional groups attached to an aromatic ring is 1. The van der Waals surface area contributed by atoms with Crippen molar-refractivity contribution in [2.45, 2.75) is 11.3 Å². The zero-order valence-corrected chi connectivity index (χ0v) is 11.8. The quantitative estimate of drug-likeness (QED) is 0.564. The molecule has 0 aliphatic carbocycles. The van der Waals surface area contributed by atoms with Crippen LogP contribution in [0.2, 0.25) is 0 Å². The SMILES string of the molecule is N#CCc1ccc(NS(=O)(=O)c2cnccc2NN)cc1. The number of aromatic nitrogens is 1. The minimum absolute atomic E-state index is 0.0476. The third-order valence-corrected chi connectivity index (χ3v) is 4.13. The molecule has 0 radical (unpaired) electrons. The van der Waals surface area contributed by atoms with Crippen molar-refractivity contribution in [3.8, 4) is 6.07 Å². The number of nitrogens with zero attached hydrogens (tertiary/aromatic N) is 2. The van der Waals surface area contributed by atoms with Crippen molar-refractivity contribution < 1.29 is 8.42 Å². The number of nitrogens with one attached hydrogen (secondary N) is 2. The molecule has 1 aromatic carbocycles. The lowest BCUT2D eigenvalue weighted by Crippen LogP contribution is -2.17. The Bertz CT molecular complexity index is 766. The lowest BCUT2D eigenvalue weighted by Gasteiger charge is -2.11. The average molecular weight is 303 g/mol. The predicted octanol–water partition coefficient (Wildman–Crippen LogP) is 1.23. The molecule has 0 saturated carbocycles. The van der Waals surface area contributed by atoms with Crippen LogP contribution in [-0.4, -0.2) is 13.4 Å². The summed E-state index contributed by atoms with van der Waals surface area (Å²) in [6.45, 7) is 0. The Balaban J connectivity index is 2.27. The highest BCUT2D eigenvalue weighted by atomic mass is 32.2. The Kier molecular flexibility index (Phi) is 4.37. The molecule has 0 fully saturated rings. The van der Waals surface area contributed by atoms with Gasteiger partial charge in [-0.15, -0.1) is 0 Å². The zero-order valence-electron chi connectivity index (χ0n) is 10.9. The van der Waals surface area contributed by atoms with E-state index >= 15 is 0 Å². The maximum atomic E-state index is 12.3. The van der Waals surface area contributed by atoms with Crippen molar-refractivity contribution in [3.63, 3.8) is 0 Å². The van der Waals surface area contributed by atoms with Gasteiger partial charge < -0.3 is 5.43 Å². The molecule has 0 atom stereocenters. The normalized spacial score (nSPS) is 10.7. The number of rotatable bonds is 5. The molecular formula is C13H13N5O2S. The number of hydrogen-bond acceptors (Lipinski definition) is 6. The van der Waals surface area contributed by atoms with Gasteiger partial charge in [-0.25, -0.2) is 8.42 Å². The molecule has 4 N–H and O–H groups in total. The lowest BCUT2D eigenvalue weighted by atomic mass is 10.1. The van der Waals surface area contributed by atoms with Crippen LogP contribution in [0.4, 0.5) is 11.4 Å². The molecular weight excluding hydrogens is 290 g/mol. The molecule has 1 heterocycles. The van der Waals surface area contributed by atoms with Crippen LogP contribution in [0.1, 0.15) is 5.56 Å². The van der Waals surface area contributed by atoms with Crippen molar-refractivity contribution in [2.24, 2.45) is 5.84 Å². The van der Waals surface area contributed by atoms with Crippen LogP contribution in [0.3, 0.4) is 0 Å². The van der Waals surface area contributed by atoms with Crippen molar-refractivity contribution in [2.75, 3.05) is 10.1 Å². The Morgan fingerprint density at radius 1 is 1.24 bits per heavy atom. The number of benzene rings is 1. The van der Waals surface area contributed by atoms with Gasteiger partial charge in [-0.1, -0.05) is 12.1 Å². The van der Waals surface area contributed by atoms with Gasteiger partial charge in [0, 0.05) is 18.1 Å². The summed E-state index contributed by atoms with van der Waals surface area (Å²) in [6.07, 6.45) is 2.92. The molecule has 2 aromatic rings. The molecule has 0 spiro atoms. The van der Waals surface area contributed by atoms with Gasteiger partial charge in [-0.05, 0) is 23.8 Å². The van der Waals surface area contributed by atoms with Crippen LogP contribution in [0.5, 0.6) is 0 Å². The van der Waals surface area contributed by atoms with Crippen molar-refractivity contribution in [3.05, 3.63) is 48.3 Å². The summed E-state index contributed by atoms with van der Waals surface area (Å²) in [5.74, 6) is 5.29. The van der Waals surface area contributed by atoms with E-state index in [1.807, 2.05) is 6.07 Å². The molecule has 0 amide bonds. The van der Waals surface area contributed by atoms with E-state index in [9.17, 15) is 8.42 Å². The molecule has 7 nitrogen and oxygen atoms in total. The number of anilines is 2. The molecule has 0 saturated heterocycles. The number of hydrogen-bond donors (Lipinski definition) is 3. The van der Waals surface area contributed by atoms with Gasteiger partial charge in [-0.3, -0.25) is 15.5 Å². The second-order valence-corrected chi connectivity index (χ2v) is 5.80. The molecule has 0 aliphatic heterocycles. The van der Waals surface area contributed by atoms with Crippen LogP contribution >= 0.6 is 0 Å². The first-order chi connectivity index (χ1) is 10.1. The molecule has 8 heteroatoms. The highest BCUT2D eigenvalue weighted by Crippen LogP contribution is 2.22. The summed E-state index contributed by atoms with van der Waals surface area (Å²) in [6, 6.07) is 10.0. The summed E-state index contributed by atoms with van der Waals surface area (Å²) in [4.78, 5) is 3.74. The third-order valence-electron chi connectivity index (χ3n) is 2.72. The molecule has 0 bridgehead atoms. The summed E-state index contributed by atoms with van der Waals surface area (Å²) >= 11 is 0. The molecule has 2 rings (SSSR count). The van der Waals surface area contributed by atoms with Gasteiger partial charge in [-0.2, -0.15) is 5.26 Å². The van der Waals surface area contributed by atoms with Crippen molar-refractivity contribution >= 4 is 21.4 Å². The lowest BCUT2D eigenvalue weighted by molar-refractivity contribution is 0.601. The van der Waals surface area contributed by atoms with E-state index in [0.717, 1.165) is 5.56 Å². The fourth-order valence-corrected chi connectivity index (χ4v) is 2.88. The number of nitrogens with two attached hydrogens (primary N) is 1. The standard InChI is InChI=1S/C13H13N5O2S/c14-7-5-10-1-3-11(4-2-10)18-21(19,20)13-9-16-8-6-12(13)17-15/h1-4,6,8-9,18H,5,15H2,(H,16,17). The Morgan fingerprint density at radius 3 is 2.57 bits per heavy atom. The zero-order chi connectivity index (χ0) is 15.3. The van der Waals surface area contributed by atoms with Crippen LogP contribution < -0.4 is 16.0 Å². The van der Waals surface area contributed by atoms with Crippen molar-refractivity contribution in [1.82, 2.24) is 4.98 Å². The Hall–Kier alpha value is -2.63. The van der Waals surface area contributed by atoms with Crippen LogP contribution in [0, 0.1) is 11.3 Å². The summed E-state index contributed by atoms with van der Waals surface area (Å²) in [5.41, 5.74) is 3.77. The average Bonchev–Trinajstić information content (AvgIpc) is 2.49. The molecule has 0 unspecified atom stereocenters. The van der Waals surface area contributed by atoms with Gasteiger partial charge in [0.2, 0.25) is 0 Å². The van der Waals surface area contributed by atoms with Gasteiger partial charge in [0.15, 0.2) is 0 Å². The third kappa shape index (κ3) is 3.47. The predicted molar refractivity (Wildman–Crippen MR) is 78.6 cm³/mol. The smallest absolute Gasteiger partial charge is 0.265 e. The fourth-order valence-electron chi connectivity index (χ4n) is 1.71.